The second-order valence-electron chi connectivity index (χ2n) is 12.1. The Kier molecular flexibility index (Phi) is 27.8. The van der Waals surface area contributed by atoms with E-state index in [2.05, 4.69) is 51.2 Å². The van der Waals surface area contributed by atoms with Crippen molar-refractivity contribution in [2.75, 3.05) is 106 Å². The maximum Gasteiger partial charge on any atom is 0.373 e. The highest BCUT2D eigenvalue weighted by molar-refractivity contribution is 7.52. The highest BCUT2D eigenvalue weighted by Gasteiger charge is 2.35. The first-order valence-electron chi connectivity index (χ1n) is 18.3. The van der Waals surface area contributed by atoms with E-state index in [0.29, 0.717) is 19.8 Å². The lowest BCUT2D eigenvalue weighted by molar-refractivity contribution is -0.121. The van der Waals surface area contributed by atoms with Gasteiger partial charge in [-0.25, -0.2) is 4.57 Å². The van der Waals surface area contributed by atoms with Crippen LogP contribution in [-0.4, -0.2) is 140 Å². The summed E-state index contributed by atoms with van der Waals surface area (Å²) in [4.78, 5) is 62.9. The molecule has 1 rings (SSSR count). The van der Waals surface area contributed by atoms with Gasteiger partial charge in [0.05, 0.1) is 59.5 Å². The van der Waals surface area contributed by atoms with Gasteiger partial charge in [-0.2, -0.15) is 0 Å². The number of carbonyl (C=O) groups is 4. The summed E-state index contributed by atoms with van der Waals surface area (Å²) in [6.07, 6.45) is 15.1. The molecule has 314 valence electrons. The molecule has 18 heteroatoms. The van der Waals surface area contributed by atoms with Crippen LogP contribution < -0.4 is 25.8 Å². The van der Waals surface area contributed by atoms with Crippen LogP contribution >= 0.6 is 7.60 Å². The molecule has 1 unspecified atom stereocenters. The topological polar surface area (TPSA) is 218 Å². The largest absolute Gasteiger partial charge is 0.423 e. The Morgan fingerprint density at radius 3 is 1.44 bits per heavy atom. The SMILES string of the molecule is C#CCOCCOCCNC(=O)CCC(CCC(=O)NCCOCCOCC#C)(CCC(=O)NCCOCCOCC#C)NC(=O)c1c#cccc1OP(C)(=O)O. The van der Waals surface area contributed by atoms with E-state index in [1.165, 1.54) is 12.1 Å². The highest BCUT2D eigenvalue weighted by Crippen LogP contribution is 2.39. The fourth-order valence-electron chi connectivity index (χ4n) is 4.83. The highest BCUT2D eigenvalue weighted by atomic mass is 31.2. The molecule has 0 spiro atoms. The van der Waals surface area contributed by atoms with Crippen LogP contribution in [0.5, 0.6) is 5.75 Å². The van der Waals surface area contributed by atoms with Crippen LogP contribution in [0, 0.1) is 49.2 Å². The maximum absolute atomic E-state index is 13.9. The quantitative estimate of drug-likeness (QED) is 0.0367. The van der Waals surface area contributed by atoms with Crippen LogP contribution in [0.15, 0.2) is 12.1 Å². The molecule has 4 amide bonds. The van der Waals surface area contributed by atoms with E-state index < -0.39 is 19.0 Å². The fourth-order valence-corrected chi connectivity index (χ4v) is 5.35. The standard InChI is InChI=1S/C39H55N4O13P/c1-5-21-50-27-30-53-24-18-40-35(44)12-15-39(16-13-36(45)41-19-25-54-31-28-51-22-6-2,17-14-37(46)42-20-26-55-32-29-52-23-7-3)43-38(47)33-10-8-9-11-34(33)56-57(4,48)49/h1-3,9,11H,12-32H2,4H3,(H,40,44)(H,41,45)(H,42,46)(H,43,47)(H,48,49). The summed E-state index contributed by atoms with van der Waals surface area (Å²) in [6, 6.07) is 7.88. The molecule has 0 aromatic heterocycles. The van der Waals surface area contributed by atoms with Gasteiger partial charge in [-0.05, 0) is 31.4 Å². The van der Waals surface area contributed by atoms with E-state index in [0.717, 1.165) is 6.66 Å². The van der Waals surface area contributed by atoms with Gasteiger partial charge in [0.1, 0.15) is 25.4 Å². The van der Waals surface area contributed by atoms with Gasteiger partial charge in [0.25, 0.3) is 5.91 Å². The predicted molar refractivity (Wildman–Crippen MR) is 209 cm³/mol. The van der Waals surface area contributed by atoms with Gasteiger partial charge >= 0.3 is 7.60 Å². The van der Waals surface area contributed by atoms with E-state index in [4.69, 9.17) is 52.2 Å². The molecule has 17 nitrogen and oxygen atoms in total. The molecule has 0 saturated carbocycles. The van der Waals surface area contributed by atoms with Gasteiger partial charge in [-0.1, -0.05) is 29.9 Å². The molecule has 0 aliphatic heterocycles. The van der Waals surface area contributed by atoms with Crippen molar-refractivity contribution in [2.45, 2.75) is 44.1 Å². The van der Waals surface area contributed by atoms with E-state index in [1.807, 2.05) is 0 Å². The Balaban J connectivity index is 3.15. The first-order valence-corrected chi connectivity index (χ1v) is 20.3. The van der Waals surface area contributed by atoms with Crippen molar-refractivity contribution in [3.05, 3.63) is 29.8 Å². The molecule has 0 aliphatic carbocycles. The van der Waals surface area contributed by atoms with Crippen molar-refractivity contribution in [2.24, 2.45) is 0 Å². The monoisotopic (exact) mass is 818 g/mol. The Hall–Kier alpha value is -4.65. The summed E-state index contributed by atoms with van der Waals surface area (Å²) in [7, 11) is -4.10. The predicted octanol–water partition coefficient (Wildman–Crippen LogP) is 0.638. The summed E-state index contributed by atoms with van der Waals surface area (Å²) in [6.45, 7) is 4.31. The van der Waals surface area contributed by atoms with Crippen molar-refractivity contribution in [3.8, 4) is 42.8 Å². The minimum absolute atomic E-state index is 0.00748. The Morgan fingerprint density at radius 1 is 0.684 bits per heavy atom. The number of rotatable bonds is 34. The lowest BCUT2D eigenvalue weighted by atomic mass is 9.82. The molecule has 57 heavy (non-hydrogen) atoms. The van der Waals surface area contributed by atoms with Crippen LogP contribution in [0.25, 0.3) is 0 Å². The second kappa shape index (κ2) is 31.4. The minimum atomic E-state index is -4.10. The molecule has 5 N–H and O–H groups in total. The molecule has 0 aliphatic rings. The zero-order chi connectivity index (χ0) is 42.0. The summed E-state index contributed by atoms with van der Waals surface area (Å²) in [5.74, 6) is 4.89. The molecule has 0 bridgehead atoms. The lowest BCUT2D eigenvalue weighted by Gasteiger charge is -2.35. The first-order chi connectivity index (χ1) is 27.4. The van der Waals surface area contributed by atoms with Gasteiger partial charge < -0.3 is 59.1 Å². The zero-order valence-electron chi connectivity index (χ0n) is 32.5. The average molecular weight is 819 g/mol. The molecule has 0 fully saturated rings. The molecule has 0 saturated heterocycles. The Labute approximate surface area is 335 Å². The summed E-state index contributed by atoms with van der Waals surface area (Å²) in [5.41, 5.74) is -1.58. The third-order valence-electron chi connectivity index (χ3n) is 7.50. The number of terminal acetylenes is 3. The van der Waals surface area contributed by atoms with Crippen LogP contribution in [-0.2, 0) is 47.4 Å². The maximum atomic E-state index is 13.9. The van der Waals surface area contributed by atoms with Crippen molar-refractivity contribution >= 4 is 31.2 Å². The normalized spacial score (nSPS) is 11.8. The number of nitrogens with one attached hydrogen (secondary N) is 4. The number of carbonyl (C=O) groups excluding carboxylic acids is 4. The summed E-state index contributed by atoms with van der Waals surface area (Å²) in [5, 5.41) is 11.2. The number of hydrogen-bond donors (Lipinski definition) is 5. The van der Waals surface area contributed by atoms with Gasteiger partial charge in [0.15, 0.2) is 5.75 Å². The van der Waals surface area contributed by atoms with Gasteiger partial charge in [-0.3, -0.25) is 19.2 Å². The summed E-state index contributed by atoms with van der Waals surface area (Å²) >= 11 is 0. The van der Waals surface area contributed by atoms with E-state index >= 15 is 0 Å². The molecule has 0 radical (unpaired) electrons. The molecule has 0 heterocycles. The number of amides is 4. The number of ether oxygens (including phenoxy) is 6. The second-order valence-corrected chi connectivity index (χ2v) is 13.9. The van der Waals surface area contributed by atoms with Crippen molar-refractivity contribution in [1.82, 2.24) is 21.3 Å². The molecule has 1 aromatic carbocycles. The Bertz CT molecular complexity index is 1400. The van der Waals surface area contributed by atoms with Crippen molar-refractivity contribution in [1.29, 1.82) is 0 Å². The molecule has 1 aromatic rings. The van der Waals surface area contributed by atoms with Crippen molar-refractivity contribution < 1.29 is 61.6 Å². The van der Waals surface area contributed by atoms with E-state index in [-0.39, 0.29) is 147 Å². The third-order valence-corrected chi connectivity index (χ3v) is 8.04. The third kappa shape index (κ3) is 26.8. The average Bonchev–Trinajstić information content (AvgIpc) is 3.18. The van der Waals surface area contributed by atoms with Gasteiger partial charge in [-0.15, -0.1) is 19.3 Å². The van der Waals surface area contributed by atoms with Gasteiger partial charge in [0.2, 0.25) is 17.7 Å². The Morgan fingerprint density at radius 2 is 1.07 bits per heavy atom. The van der Waals surface area contributed by atoms with E-state index in [9.17, 15) is 28.6 Å². The summed E-state index contributed by atoms with van der Waals surface area (Å²) < 4.78 is 49.0. The van der Waals surface area contributed by atoms with Crippen LogP contribution in [0.2, 0.25) is 0 Å². The van der Waals surface area contributed by atoms with Crippen LogP contribution in [0.3, 0.4) is 0 Å². The molecular weight excluding hydrogens is 763 g/mol. The van der Waals surface area contributed by atoms with Crippen LogP contribution in [0.1, 0.15) is 48.9 Å². The van der Waals surface area contributed by atoms with Crippen LogP contribution in [0.4, 0.5) is 0 Å². The molecule has 1 atom stereocenters. The van der Waals surface area contributed by atoms with E-state index in [1.54, 1.807) is 0 Å². The fraction of sp³-hybridized carbons (Fsp3) is 0.590. The van der Waals surface area contributed by atoms with Gasteiger partial charge in [0, 0.05) is 51.1 Å². The molecular formula is C39H55N4O13P. The zero-order valence-corrected chi connectivity index (χ0v) is 33.4. The number of hydrogen-bond acceptors (Lipinski definition) is 12. The minimum Gasteiger partial charge on any atom is -0.423 e. The first kappa shape index (κ1) is 50.4. The smallest absolute Gasteiger partial charge is 0.373 e. The lowest BCUT2D eigenvalue weighted by Crippen LogP contribution is -2.50. The van der Waals surface area contributed by atoms with Crippen molar-refractivity contribution in [3.63, 3.8) is 0 Å².